The number of halogens is 5. The van der Waals surface area contributed by atoms with Gasteiger partial charge in [0.1, 0.15) is 0 Å². The van der Waals surface area contributed by atoms with Crippen molar-refractivity contribution in [2.24, 2.45) is 0 Å². The van der Waals surface area contributed by atoms with Crippen molar-refractivity contribution in [3.63, 3.8) is 0 Å². The molecule has 0 fully saturated rings. The number of hydrogen-bond donors (Lipinski definition) is 0. The van der Waals surface area contributed by atoms with Crippen LogP contribution in [-0.4, -0.2) is 4.98 Å². The van der Waals surface area contributed by atoms with Crippen molar-refractivity contribution in [2.45, 2.75) is 6.18 Å². The van der Waals surface area contributed by atoms with E-state index in [0.29, 0.717) is 10.6 Å². The van der Waals surface area contributed by atoms with Gasteiger partial charge in [-0.15, -0.1) is 12.4 Å². The topological polar surface area (TPSA) is 12.9 Å². The Hall–Kier alpha value is -1.70. The third-order valence-electron chi connectivity index (χ3n) is 2.25. The fraction of sp³-hybridized carbons (Fsp3) is 0.0714. The second-order valence-electron chi connectivity index (χ2n) is 3.72. The van der Waals surface area contributed by atoms with Crippen LogP contribution in [0, 0.1) is 11.8 Å². The fourth-order valence-electron chi connectivity index (χ4n) is 1.40. The fourth-order valence-corrected chi connectivity index (χ4v) is 1.57. The molecular formula is C14H8Cl2F3N. The number of pyridine rings is 1. The summed E-state index contributed by atoms with van der Waals surface area (Å²) in [6.45, 7) is 0. The molecule has 2 rings (SSSR count). The maximum absolute atomic E-state index is 12.5. The molecule has 0 aliphatic carbocycles. The number of alkyl halides is 3. The highest BCUT2D eigenvalue weighted by molar-refractivity contribution is 6.30. The molecule has 0 aliphatic heterocycles. The van der Waals surface area contributed by atoms with Crippen LogP contribution in [0.5, 0.6) is 0 Å². The molecule has 104 valence electrons. The molecule has 0 atom stereocenters. The number of rotatable bonds is 0. The number of hydrogen-bond acceptors (Lipinski definition) is 1. The molecule has 0 radical (unpaired) electrons. The second kappa shape index (κ2) is 6.65. The largest absolute Gasteiger partial charge is 0.416 e. The highest BCUT2D eigenvalue weighted by atomic mass is 35.5. The first kappa shape index (κ1) is 16.4. The third-order valence-corrected chi connectivity index (χ3v) is 2.45. The van der Waals surface area contributed by atoms with Gasteiger partial charge in [0.15, 0.2) is 0 Å². The number of benzene rings is 1. The van der Waals surface area contributed by atoms with Gasteiger partial charge in [-0.25, -0.2) is 0 Å². The highest BCUT2D eigenvalue weighted by Gasteiger charge is 2.30. The molecule has 0 aliphatic rings. The Labute approximate surface area is 125 Å². The van der Waals surface area contributed by atoms with Gasteiger partial charge in [-0.1, -0.05) is 29.5 Å². The molecule has 1 aromatic heterocycles. The van der Waals surface area contributed by atoms with Gasteiger partial charge in [0.05, 0.1) is 10.6 Å². The molecule has 2 aromatic rings. The minimum Gasteiger partial charge on any atom is -0.262 e. The van der Waals surface area contributed by atoms with Crippen LogP contribution in [0.1, 0.15) is 16.7 Å². The molecule has 0 unspecified atom stereocenters. The van der Waals surface area contributed by atoms with E-state index in [4.69, 9.17) is 11.6 Å². The van der Waals surface area contributed by atoms with Crippen LogP contribution in [0.25, 0.3) is 0 Å². The Morgan fingerprint density at radius 1 is 1.00 bits per heavy atom. The zero-order valence-corrected chi connectivity index (χ0v) is 11.5. The van der Waals surface area contributed by atoms with Crippen molar-refractivity contribution in [3.8, 4) is 11.8 Å². The Kier molecular flexibility index (Phi) is 5.43. The zero-order chi connectivity index (χ0) is 13.9. The Morgan fingerprint density at radius 3 is 2.35 bits per heavy atom. The summed E-state index contributed by atoms with van der Waals surface area (Å²) in [5.41, 5.74) is 0.114. The van der Waals surface area contributed by atoms with Crippen molar-refractivity contribution in [3.05, 3.63) is 64.4 Å². The van der Waals surface area contributed by atoms with Gasteiger partial charge in [-0.05, 0) is 24.3 Å². The molecule has 0 bridgehead atoms. The van der Waals surface area contributed by atoms with E-state index >= 15 is 0 Å². The van der Waals surface area contributed by atoms with Gasteiger partial charge < -0.3 is 0 Å². The molecule has 0 saturated heterocycles. The molecule has 1 aromatic carbocycles. The lowest BCUT2D eigenvalue weighted by molar-refractivity contribution is -0.137. The van der Waals surface area contributed by atoms with Crippen LogP contribution in [0.2, 0.25) is 5.02 Å². The van der Waals surface area contributed by atoms with Crippen LogP contribution in [0.15, 0.2) is 42.7 Å². The number of nitrogens with zero attached hydrogens (tertiary/aromatic N) is 1. The van der Waals surface area contributed by atoms with E-state index in [0.717, 1.165) is 12.1 Å². The van der Waals surface area contributed by atoms with Crippen LogP contribution < -0.4 is 0 Å². The zero-order valence-electron chi connectivity index (χ0n) is 9.91. The molecule has 20 heavy (non-hydrogen) atoms. The summed E-state index contributed by atoms with van der Waals surface area (Å²) < 4.78 is 37.5. The second-order valence-corrected chi connectivity index (χ2v) is 4.16. The molecule has 0 saturated carbocycles. The van der Waals surface area contributed by atoms with E-state index in [-0.39, 0.29) is 18.0 Å². The van der Waals surface area contributed by atoms with Gasteiger partial charge >= 0.3 is 6.18 Å². The summed E-state index contributed by atoms with van der Waals surface area (Å²) in [5.74, 6) is 5.37. The monoisotopic (exact) mass is 317 g/mol. The maximum Gasteiger partial charge on any atom is 0.416 e. The lowest BCUT2D eigenvalue weighted by Gasteiger charge is -2.05. The first-order valence-electron chi connectivity index (χ1n) is 5.25. The predicted octanol–water partition coefficient (Wildman–Crippen LogP) is 4.58. The Bertz CT molecular complexity index is 657. The molecular weight excluding hydrogens is 310 g/mol. The SMILES string of the molecule is Cl.FC(F)(F)c1cccc(C#Cc2cncc(Cl)c2)c1. The van der Waals surface area contributed by atoms with E-state index in [1.807, 2.05) is 0 Å². The van der Waals surface area contributed by atoms with Crippen LogP contribution in [0.4, 0.5) is 13.2 Å². The minimum atomic E-state index is -4.37. The lowest BCUT2D eigenvalue weighted by Crippen LogP contribution is -2.04. The average molecular weight is 318 g/mol. The first-order valence-corrected chi connectivity index (χ1v) is 5.63. The van der Waals surface area contributed by atoms with Crippen molar-refractivity contribution >= 4 is 24.0 Å². The third kappa shape index (κ3) is 4.44. The molecule has 0 N–H and O–H groups in total. The predicted molar refractivity (Wildman–Crippen MR) is 73.9 cm³/mol. The van der Waals surface area contributed by atoms with E-state index in [9.17, 15) is 13.2 Å². The molecule has 1 heterocycles. The van der Waals surface area contributed by atoms with Gasteiger partial charge in [0, 0.05) is 23.5 Å². The maximum atomic E-state index is 12.5. The van der Waals surface area contributed by atoms with E-state index in [2.05, 4.69) is 16.8 Å². The van der Waals surface area contributed by atoms with Crippen LogP contribution in [-0.2, 0) is 6.18 Å². The average Bonchev–Trinajstić information content (AvgIpc) is 2.36. The standard InChI is InChI=1S/C14H7ClF3N.ClH/c15-13-7-11(8-19-9-13)5-4-10-2-1-3-12(6-10)14(16,17)18;/h1-3,6-9H;1H. The molecule has 1 nitrogen and oxygen atoms in total. The lowest BCUT2D eigenvalue weighted by atomic mass is 10.1. The molecule has 6 heteroatoms. The van der Waals surface area contributed by atoms with Crippen LogP contribution in [0.3, 0.4) is 0 Å². The van der Waals surface area contributed by atoms with E-state index in [1.165, 1.54) is 24.5 Å². The van der Waals surface area contributed by atoms with Crippen molar-refractivity contribution in [1.29, 1.82) is 0 Å². The Morgan fingerprint density at radius 2 is 1.70 bits per heavy atom. The summed E-state index contributed by atoms with van der Waals surface area (Å²) >= 11 is 5.73. The minimum absolute atomic E-state index is 0. The summed E-state index contributed by atoms with van der Waals surface area (Å²) in [7, 11) is 0. The summed E-state index contributed by atoms with van der Waals surface area (Å²) in [4.78, 5) is 3.84. The summed E-state index contributed by atoms with van der Waals surface area (Å²) in [6, 6.07) is 6.44. The van der Waals surface area contributed by atoms with E-state index < -0.39 is 11.7 Å². The normalized spacial score (nSPS) is 10.2. The summed E-state index contributed by atoms with van der Waals surface area (Å²) in [5, 5.41) is 0.427. The molecule has 0 amide bonds. The van der Waals surface area contributed by atoms with E-state index in [1.54, 1.807) is 6.07 Å². The summed E-state index contributed by atoms with van der Waals surface area (Å²) in [6.07, 6.45) is -1.42. The van der Waals surface area contributed by atoms with Crippen LogP contribution >= 0.6 is 24.0 Å². The number of aromatic nitrogens is 1. The van der Waals surface area contributed by atoms with Gasteiger partial charge in [-0.3, -0.25) is 4.98 Å². The van der Waals surface area contributed by atoms with Crippen molar-refractivity contribution in [1.82, 2.24) is 4.98 Å². The quantitative estimate of drug-likeness (QED) is 0.648. The van der Waals surface area contributed by atoms with Crippen molar-refractivity contribution < 1.29 is 13.2 Å². The Balaban J connectivity index is 0.00000200. The van der Waals surface area contributed by atoms with Crippen molar-refractivity contribution in [2.75, 3.05) is 0 Å². The molecule has 0 spiro atoms. The van der Waals surface area contributed by atoms with Gasteiger partial charge in [0.25, 0.3) is 0 Å². The first-order chi connectivity index (χ1) is 8.95. The van der Waals surface area contributed by atoms with Gasteiger partial charge in [-0.2, -0.15) is 13.2 Å². The smallest absolute Gasteiger partial charge is 0.262 e. The van der Waals surface area contributed by atoms with Gasteiger partial charge in [0.2, 0.25) is 0 Å². The highest BCUT2D eigenvalue weighted by Crippen LogP contribution is 2.29.